The van der Waals surface area contributed by atoms with E-state index in [0.717, 1.165) is 6.07 Å². The molecule has 5 nitrogen and oxygen atoms in total. The Labute approximate surface area is 122 Å². The normalized spacial score (nSPS) is 13.0. The second-order valence-corrected chi connectivity index (χ2v) is 5.47. The van der Waals surface area contributed by atoms with Gasteiger partial charge in [-0.05, 0) is 18.2 Å². The average molecular weight is 292 g/mol. The van der Waals surface area contributed by atoms with Crippen LogP contribution < -0.4 is 4.74 Å². The van der Waals surface area contributed by atoms with Gasteiger partial charge in [0.2, 0.25) is 11.8 Å². The molecule has 1 atom stereocenters. The number of aliphatic hydroxyl groups is 1. The molecule has 0 bridgehead atoms. The van der Waals surface area contributed by atoms with Gasteiger partial charge < -0.3 is 14.4 Å². The summed E-state index contributed by atoms with van der Waals surface area (Å²) in [7, 11) is 0. The highest BCUT2D eigenvalue weighted by molar-refractivity contribution is 5.77. The molecule has 0 fully saturated rings. The lowest BCUT2D eigenvalue weighted by atomic mass is 9.86. The van der Waals surface area contributed by atoms with Gasteiger partial charge in [0, 0.05) is 30.4 Å². The van der Waals surface area contributed by atoms with Crippen LogP contribution in [0.3, 0.4) is 0 Å². The lowest BCUT2D eigenvalue weighted by molar-refractivity contribution is -0.151. The summed E-state index contributed by atoms with van der Waals surface area (Å²) in [6.07, 6.45) is 2.33. The molecule has 1 N–H and O–H groups in total. The number of halogens is 1. The van der Waals surface area contributed by atoms with E-state index in [-0.39, 0.29) is 5.88 Å². The lowest BCUT2D eigenvalue weighted by Gasteiger charge is -2.29. The monoisotopic (exact) mass is 292 g/mol. The summed E-state index contributed by atoms with van der Waals surface area (Å²) < 4.78 is 19.7. The van der Waals surface area contributed by atoms with Crippen molar-refractivity contribution in [1.29, 1.82) is 0 Å². The van der Waals surface area contributed by atoms with E-state index in [9.17, 15) is 14.3 Å². The first kappa shape index (κ1) is 15.2. The summed E-state index contributed by atoms with van der Waals surface area (Å²) in [4.78, 5) is 15.4. The Morgan fingerprint density at radius 3 is 2.67 bits per heavy atom. The number of carbonyl (C=O) groups is 1. The number of aromatic nitrogens is 2. The molecule has 112 valence electrons. The lowest BCUT2D eigenvalue weighted by Crippen LogP contribution is -2.41. The van der Waals surface area contributed by atoms with E-state index in [1.54, 1.807) is 13.8 Å². The Bertz CT molecular complexity index is 611. The number of rotatable bonds is 5. The van der Waals surface area contributed by atoms with Crippen molar-refractivity contribution in [2.24, 2.45) is 5.41 Å². The van der Waals surface area contributed by atoms with Crippen LogP contribution >= 0.6 is 0 Å². The van der Waals surface area contributed by atoms with Gasteiger partial charge in [0.1, 0.15) is 0 Å². The first-order valence-electron chi connectivity index (χ1n) is 6.51. The predicted octanol–water partition coefficient (Wildman–Crippen LogP) is 2.01. The Morgan fingerprint density at radius 1 is 1.38 bits per heavy atom. The van der Waals surface area contributed by atoms with Gasteiger partial charge in [-0.15, -0.1) is 0 Å². The Morgan fingerprint density at radius 2 is 2.05 bits per heavy atom. The van der Waals surface area contributed by atoms with Crippen molar-refractivity contribution in [2.45, 2.75) is 26.5 Å². The van der Waals surface area contributed by atoms with Crippen molar-refractivity contribution in [3.8, 4) is 5.88 Å². The third-order valence-electron chi connectivity index (χ3n) is 3.11. The SMILES string of the molecule is CC(C)(Cn1cccc1)C(O)C(=O)Oc1cccc(F)n1. The highest BCUT2D eigenvalue weighted by Gasteiger charge is 2.35. The smallest absolute Gasteiger partial charge is 0.342 e. The molecule has 0 aliphatic rings. The minimum Gasteiger partial charge on any atom is -0.405 e. The summed E-state index contributed by atoms with van der Waals surface area (Å²) >= 11 is 0. The van der Waals surface area contributed by atoms with Gasteiger partial charge >= 0.3 is 5.97 Å². The maximum atomic E-state index is 12.9. The minimum absolute atomic E-state index is 0.171. The third-order valence-corrected chi connectivity index (χ3v) is 3.11. The van der Waals surface area contributed by atoms with Crippen molar-refractivity contribution in [2.75, 3.05) is 0 Å². The molecule has 2 aromatic heterocycles. The zero-order valence-electron chi connectivity index (χ0n) is 11.9. The maximum absolute atomic E-state index is 12.9. The van der Waals surface area contributed by atoms with Crippen LogP contribution in [0.1, 0.15) is 13.8 Å². The number of aliphatic hydroxyl groups excluding tert-OH is 1. The molecular weight excluding hydrogens is 275 g/mol. The third kappa shape index (κ3) is 3.88. The highest BCUT2D eigenvalue weighted by atomic mass is 19.1. The summed E-state index contributed by atoms with van der Waals surface area (Å²) in [5, 5.41) is 10.2. The number of hydrogen-bond acceptors (Lipinski definition) is 4. The first-order chi connectivity index (χ1) is 9.88. The molecule has 21 heavy (non-hydrogen) atoms. The van der Waals surface area contributed by atoms with E-state index >= 15 is 0 Å². The van der Waals surface area contributed by atoms with Crippen molar-refractivity contribution < 1.29 is 19.0 Å². The van der Waals surface area contributed by atoms with Crippen LogP contribution in [0.25, 0.3) is 0 Å². The molecule has 0 spiro atoms. The fraction of sp³-hybridized carbons (Fsp3) is 0.333. The van der Waals surface area contributed by atoms with Gasteiger partial charge in [-0.3, -0.25) is 0 Å². The van der Waals surface area contributed by atoms with Gasteiger partial charge in [0.25, 0.3) is 0 Å². The number of nitrogens with zero attached hydrogens (tertiary/aromatic N) is 2. The van der Waals surface area contributed by atoms with Crippen LogP contribution in [0.2, 0.25) is 0 Å². The van der Waals surface area contributed by atoms with Crippen molar-refractivity contribution in [1.82, 2.24) is 9.55 Å². The van der Waals surface area contributed by atoms with Crippen molar-refractivity contribution >= 4 is 5.97 Å². The Hall–Kier alpha value is -2.21. The molecule has 1 unspecified atom stereocenters. The minimum atomic E-state index is -1.36. The number of hydrogen-bond donors (Lipinski definition) is 1. The number of carbonyl (C=O) groups excluding carboxylic acids is 1. The van der Waals surface area contributed by atoms with Crippen LogP contribution in [-0.4, -0.2) is 26.7 Å². The van der Waals surface area contributed by atoms with Crippen molar-refractivity contribution in [3.63, 3.8) is 0 Å². The van der Waals surface area contributed by atoms with Crippen LogP contribution in [-0.2, 0) is 11.3 Å². The molecule has 0 aromatic carbocycles. The molecule has 6 heteroatoms. The second-order valence-electron chi connectivity index (χ2n) is 5.47. The van der Waals surface area contributed by atoms with Crippen LogP contribution in [0, 0.1) is 11.4 Å². The predicted molar refractivity (Wildman–Crippen MR) is 74.0 cm³/mol. The zero-order chi connectivity index (χ0) is 15.5. The molecule has 0 saturated heterocycles. The van der Waals surface area contributed by atoms with Gasteiger partial charge in [0.15, 0.2) is 6.10 Å². The molecule has 2 rings (SSSR count). The fourth-order valence-corrected chi connectivity index (χ4v) is 1.96. The molecule has 0 aliphatic carbocycles. The zero-order valence-corrected chi connectivity index (χ0v) is 11.9. The molecule has 2 aromatic rings. The summed E-state index contributed by atoms with van der Waals surface area (Å²) in [6.45, 7) is 3.93. The van der Waals surface area contributed by atoms with E-state index in [1.807, 2.05) is 29.1 Å². The Balaban J connectivity index is 2.04. The number of pyridine rings is 1. The molecule has 0 amide bonds. The molecule has 0 aliphatic heterocycles. The summed E-state index contributed by atoms with van der Waals surface area (Å²) in [5.41, 5.74) is -0.747. The topological polar surface area (TPSA) is 64.4 Å². The van der Waals surface area contributed by atoms with Gasteiger partial charge in [-0.2, -0.15) is 9.37 Å². The standard InChI is InChI=1S/C15H17FN2O3/c1-15(2,10-18-8-3-4-9-18)13(19)14(20)21-12-7-5-6-11(16)17-12/h3-9,13,19H,10H2,1-2H3. The van der Waals surface area contributed by atoms with Crippen LogP contribution in [0.4, 0.5) is 4.39 Å². The van der Waals surface area contributed by atoms with Crippen molar-refractivity contribution in [3.05, 3.63) is 48.7 Å². The molecule has 0 radical (unpaired) electrons. The van der Waals surface area contributed by atoms with Gasteiger partial charge in [0.05, 0.1) is 0 Å². The quantitative estimate of drug-likeness (QED) is 0.676. The maximum Gasteiger partial charge on any atom is 0.342 e. The molecular formula is C15H17FN2O3. The van der Waals surface area contributed by atoms with Gasteiger partial charge in [-0.25, -0.2) is 4.79 Å². The van der Waals surface area contributed by atoms with Crippen LogP contribution in [0.5, 0.6) is 5.88 Å². The number of esters is 1. The van der Waals surface area contributed by atoms with E-state index in [0.29, 0.717) is 6.54 Å². The fourth-order valence-electron chi connectivity index (χ4n) is 1.96. The van der Waals surface area contributed by atoms with E-state index in [2.05, 4.69) is 4.98 Å². The average Bonchev–Trinajstić information content (AvgIpc) is 2.89. The second kappa shape index (κ2) is 6.05. The first-order valence-corrected chi connectivity index (χ1v) is 6.51. The molecule has 0 saturated carbocycles. The van der Waals surface area contributed by atoms with E-state index in [1.165, 1.54) is 12.1 Å². The van der Waals surface area contributed by atoms with E-state index in [4.69, 9.17) is 4.74 Å². The molecule has 2 heterocycles. The summed E-state index contributed by atoms with van der Waals surface area (Å²) in [5.74, 6) is -1.78. The van der Waals surface area contributed by atoms with E-state index < -0.39 is 23.4 Å². The largest absolute Gasteiger partial charge is 0.405 e. The Kier molecular flexibility index (Phi) is 4.37. The number of ether oxygens (including phenoxy) is 1. The van der Waals surface area contributed by atoms with Crippen LogP contribution in [0.15, 0.2) is 42.7 Å². The highest BCUT2D eigenvalue weighted by Crippen LogP contribution is 2.25. The van der Waals surface area contributed by atoms with Gasteiger partial charge in [-0.1, -0.05) is 19.9 Å². The summed E-state index contributed by atoms with van der Waals surface area (Å²) in [6, 6.07) is 7.59.